The van der Waals surface area contributed by atoms with Crippen LogP contribution in [0, 0.1) is 18.2 Å². The van der Waals surface area contributed by atoms with Crippen molar-refractivity contribution >= 4 is 27.3 Å². The Balaban J connectivity index is 1.80. The van der Waals surface area contributed by atoms with Crippen LogP contribution in [-0.2, 0) is 10.0 Å². The number of nitrogens with zero attached hydrogens (tertiary/aromatic N) is 1. The fourth-order valence-electron chi connectivity index (χ4n) is 3.05. The molecule has 3 rings (SSSR count). The number of hydrogen-bond donors (Lipinski definition) is 2. The van der Waals surface area contributed by atoms with E-state index in [2.05, 4.69) is 16.0 Å². The van der Waals surface area contributed by atoms with Gasteiger partial charge in [-0.25, -0.2) is 12.8 Å². The van der Waals surface area contributed by atoms with Crippen molar-refractivity contribution in [2.45, 2.75) is 17.7 Å². The Labute approximate surface area is 163 Å². The van der Waals surface area contributed by atoms with Gasteiger partial charge in [0.15, 0.2) is 0 Å². The predicted molar refractivity (Wildman–Crippen MR) is 106 cm³/mol. The molecule has 1 heterocycles. The van der Waals surface area contributed by atoms with Crippen LogP contribution < -0.4 is 14.9 Å². The van der Waals surface area contributed by atoms with E-state index < -0.39 is 21.7 Å². The summed E-state index contributed by atoms with van der Waals surface area (Å²) >= 11 is 0. The van der Waals surface area contributed by atoms with Gasteiger partial charge in [-0.3, -0.25) is 4.79 Å². The van der Waals surface area contributed by atoms with Crippen molar-refractivity contribution in [3.05, 3.63) is 53.8 Å². The molecule has 0 bridgehead atoms. The first-order valence-electron chi connectivity index (χ1n) is 8.80. The van der Waals surface area contributed by atoms with Crippen molar-refractivity contribution in [3.63, 3.8) is 0 Å². The summed E-state index contributed by atoms with van der Waals surface area (Å²) in [5.41, 5.74) is 0.983. The van der Waals surface area contributed by atoms with Gasteiger partial charge in [-0.05, 0) is 49.2 Å². The zero-order valence-corrected chi connectivity index (χ0v) is 15.9. The monoisotopic (exact) mass is 401 g/mol. The Bertz CT molecular complexity index is 1010. The van der Waals surface area contributed by atoms with Crippen LogP contribution in [0.1, 0.15) is 23.2 Å². The van der Waals surface area contributed by atoms with Crippen LogP contribution in [0.15, 0.2) is 47.4 Å². The number of terminal acetylenes is 1. The van der Waals surface area contributed by atoms with E-state index in [4.69, 9.17) is 6.42 Å². The Morgan fingerprint density at radius 3 is 2.46 bits per heavy atom. The second kappa shape index (κ2) is 8.42. The van der Waals surface area contributed by atoms with Crippen LogP contribution in [0.4, 0.5) is 15.8 Å². The van der Waals surface area contributed by atoms with E-state index in [-0.39, 0.29) is 22.7 Å². The summed E-state index contributed by atoms with van der Waals surface area (Å²) < 4.78 is 40.7. The topological polar surface area (TPSA) is 78.5 Å². The minimum Gasteiger partial charge on any atom is -0.370 e. The average molecular weight is 401 g/mol. The van der Waals surface area contributed by atoms with Gasteiger partial charge in [0.25, 0.3) is 5.91 Å². The lowest BCUT2D eigenvalue weighted by Gasteiger charge is -2.22. The molecule has 0 aromatic heterocycles. The van der Waals surface area contributed by atoms with Gasteiger partial charge in [0.05, 0.1) is 17.1 Å². The Morgan fingerprint density at radius 2 is 1.82 bits per heavy atom. The van der Waals surface area contributed by atoms with Crippen molar-refractivity contribution in [1.82, 2.24) is 4.72 Å². The molecule has 1 fully saturated rings. The normalized spacial score (nSPS) is 13.9. The largest absolute Gasteiger partial charge is 0.370 e. The first-order valence-corrected chi connectivity index (χ1v) is 10.3. The van der Waals surface area contributed by atoms with E-state index in [1.165, 1.54) is 30.3 Å². The number of rotatable bonds is 6. The molecule has 1 aliphatic heterocycles. The Morgan fingerprint density at radius 1 is 1.14 bits per heavy atom. The molecule has 0 unspecified atom stereocenters. The van der Waals surface area contributed by atoms with Crippen LogP contribution in [-0.4, -0.2) is 34.0 Å². The van der Waals surface area contributed by atoms with Crippen molar-refractivity contribution < 1.29 is 17.6 Å². The average Bonchev–Trinajstić information content (AvgIpc) is 3.22. The summed E-state index contributed by atoms with van der Waals surface area (Å²) in [5, 5.41) is 2.62. The fourth-order valence-corrected chi connectivity index (χ4v) is 3.98. The highest BCUT2D eigenvalue weighted by atomic mass is 32.2. The van der Waals surface area contributed by atoms with Gasteiger partial charge in [-0.2, -0.15) is 4.72 Å². The third kappa shape index (κ3) is 4.32. The summed E-state index contributed by atoms with van der Waals surface area (Å²) in [6, 6.07) is 10.0. The van der Waals surface area contributed by atoms with Gasteiger partial charge in [-0.1, -0.05) is 12.0 Å². The third-order valence-corrected chi connectivity index (χ3v) is 5.89. The molecule has 28 heavy (non-hydrogen) atoms. The number of para-hydroxylation sites is 1. The van der Waals surface area contributed by atoms with E-state index in [0.29, 0.717) is 5.69 Å². The van der Waals surface area contributed by atoms with Crippen molar-refractivity contribution in [3.8, 4) is 12.3 Å². The zero-order valence-electron chi connectivity index (χ0n) is 15.1. The smallest absolute Gasteiger partial charge is 0.255 e. The lowest BCUT2D eigenvalue weighted by atomic mass is 10.2. The van der Waals surface area contributed by atoms with E-state index in [9.17, 15) is 17.6 Å². The number of halogens is 1. The Hall–Kier alpha value is -2.89. The van der Waals surface area contributed by atoms with Gasteiger partial charge in [0.1, 0.15) is 11.5 Å². The summed E-state index contributed by atoms with van der Waals surface area (Å²) in [6.07, 6.45) is 7.10. The number of amides is 1. The first kappa shape index (κ1) is 19.9. The third-order valence-electron chi connectivity index (χ3n) is 4.47. The van der Waals surface area contributed by atoms with Gasteiger partial charge < -0.3 is 10.2 Å². The molecule has 2 aromatic carbocycles. The standard InChI is InChI=1S/C20H20FN3O3S/c1-2-12-22-28(26,27)16-10-8-15(9-11-16)20(25)23-19-17(21)6-5-7-18(19)24-13-3-4-14-24/h1,5-11,22H,3-4,12-14H2,(H,23,25). The summed E-state index contributed by atoms with van der Waals surface area (Å²) in [4.78, 5) is 14.6. The highest BCUT2D eigenvalue weighted by Crippen LogP contribution is 2.31. The van der Waals surface area contributed by atoms with Crippen molar-refractivity contribution in [2.75, 3.05) is 29.9 Å². The fraction of sp³-hybridized carbons (Fsp3) is 0.250. The Kier molecular flexibility index (Phi) is 5.97. The molecule has 1 amide bonds. The molecule has 1 aliphatic rings. The maximum Gasteiger partial charge on any atom is 0.255 e. The van der Waals surface area contributed by atoms with Crippen LogP contribution in [0.5, 0.6) is 0 Å². The number of carbonyl (C=O) groups is 1. The number of carbonyl (C=O) groups excluding carboxylic acids is 1. The van der Waals surface area contributed by atoms with Crippen LogP contribution >= 0.6 is 0 Å². The molecule has 2 N–H and O–H groups in total. The van der Waals surface area contributed by atoms with Crippen molar-refractivity contribution in [1.29, 1.82) is 0 Å². The lowest BCUT2D eigenvalue weighted by molar-refractivity contribution is 0.102. The van der Waals surface area contributed by atoms with E-state index in [1.807, 2.05) is 4.90 Å². The molecule has 146 valence electrons. The molecule has 0 saturated carbocycles. The second-order valence-corrected chi connectivity index (χ2v) is 8.10. The minimum atomic E-state index is -3.74. The van der Waals surface area contributed by atoms with Crippen LogP contribution in [0.2, 0.25) is 0 Å². The number of anilines is 2. The molecular formula is C20H20FN3O3S. The number of nitrogens with one attached hydrogen (secondary N) is 2. The summed E-state index contributed by atoms with van der Waals surface area (Å²) in [5.74, 6) is 1.15. The first-order chi connectivity index (χ1) is 13.4. The summed E-state index contributed by atoms with van der Waals surface area (Å²) in [7, 11) is -3.74. The zero-order chi connectivity index (χ0) is 20.1. The predicted octanol–water partition coefficient (Wildman–Crippen LogP) is 2.59. The van der Waals surface area contributed by atoms with Gasteiger partial charge >= 0.3 is 0 Å². The molecule has 0 aliphatic carbocycles. The highest BCUT2D eigenvalue weighted by Gasteiger charge is 2.20. The van der Waals surface area contributed by atoms with Gasteiger partial charge in [0, 0.05) is 18.7 Å². The molecule has 0 spiro atoms. The number of benzene rings is 2. The lowest BCUT2D eigenvalue weighted by Crippen LogP contribution is -2.24. The number of sulfonamides is 1. The highest BCUT2D eigenvalue weighted by molar-refractivity contribution is 7.89. The molecule has 0 atom stereocenters. The van der Waals surface area contributed by atoms with Crippen LogP contribution in [0.25, 0.3) is 0 Å². The number of hydrogen-bond acceptors (Lipinski definition) is 4. The molecule has 2 aromatic rings. The molecule has 0 radical (unpaired) electrons. The molecular weight excluding hydrogens is 381 g/mol. The van der Waals surface area contributed by atoms with Gasteiger partial charge in [-0.15, -0.1) is 6.42 Å². The quantitative estimate of drug-likeness (QED) is 0.730. The maximum absolute atomic E-state index is 14.4. The van der Waals surface area contributed by atoms with E-state index in [0.717, 1.165) is 25.9 Å². The minimum absolute atomic E-state index is 0.0112. The maximum atomic E-state index is 14.4. The molecule has 8 heteroatoms. The van der Waals surface area contributed by atoms with E-state index >= 15 is 0 Å². The summed E-state index contributed by atoms with van der Waals surface area (Å²) in [6.45, 7) is 1.49. The molecule has 6 nitrogen and oxygen atoms in total. The van der Waals surface area contributed by atoms with Crippen LogP contribution in [0.3, 0.4) is 0 Å². The van der Waals surface area contributed by atoms with Crippen molar-refractivity contribution in [2.24, 2.45) is 0 Å². The SMILES string of the molecule is C#CCNS(=O)(=O)c1ccc(C(=O)Nc2c(F)cccc2N2CCCC2)cc1. The van der Waals surface area contributed by atoms with Gasteiger partial charge in [0.2, 0.25) is 10.0 Å². The van der Waals surface area contributed by atoms with E-state index in [1.54, 1.807) is 12.1 Å². The second-order valence-electron chi connectivity index (χ2n) is 6.34. The molecule has 1 saturated heterocycles.